The fraction of sp³-hybridized carbons (Fsp3) is 0.300. The number of alkyl halides is 3. The molecule has 4 rings (SSSR count). The van der Waals surface area contributed by atoms with Gasteiger partial charge in [0.15, 0.2) is 0 Å². The van der Waals surface area contributed by atoms with E-state index in [-0.39, 0.29) is 5.56 Å². The molecule has 0 saturated carbocycles. The van der Waals surface area contributed by atoms with E-state index < -0.39 is 17.6 Å². The van der Waals surface area contributed by atoms with Crippen molar-refractivity contribution in [3.8, 4) is 11.5 Å². The van der Waals surface area contributed by atoms with Crippen molar-refractivity contribution < 1.29 is 22.4 Å². The van der Waals surface area contributed by atoms with Crippen LogP contribution in [0.5, 0.6) is 0 Å². The lowest BCUT2D eigenvalue weighted by Crippen LogP contribution is -2.49. The molecule has 1 saturated heterocycles. The van der Waals surface area contributed by atoms with Crippen LogP contribution in [0.15, 0.2) is 47.0 Å². The minimum atomic E-state index is -4.49. The van der Waals surface area contributed by atoms with Crippen LogP contribution in [0.25, 0.3) is 11.5 Å². The molecule has 0 aliphatic carbocycles. The van der Waals surface area contributed by atoms with Gasteiger partial charge in [0.25, 0.3) is 11.8 Å². The third kappa shape index (κ3) is 3.98. The van der Waals surface area contributed by atoms with Crippen LogP contribution in [-0.4, -0.2) is 52.2 Å². The van der Waals surface area contributed by atoms with E-state index >= 15 is 0 Å². The van der Waals surface area contributed by atoms with Gasteiger partial charge in [0.2, 0.25) is 5.89 Å². The topological polar surface area (TPSA) is 75.4 Å². The zero-order valence-corrected chi connectivity index (χ0v) is 16.1. The zero-order valence-electron chi connectivity index (χ0n) is 16.1. The highest BCUT2D eigenvalue weighted by Crippen LogP contribution is 2.31. The Hall–Kier alpha value is -3.43. The van der Waals surface area contributed by atoms with Crippen molar-refractivity contribution in [3.63, 3.8) is 0 Å². The van der Waals surface area contributed by atoms with Crippen molar-refractivity contribution in [2.75, 3.05) is 31.1 Å². The highest BCUT2D eigenvalue weighted by Gasteiger charge is 2.32. The molecule has 7 nitrogen and oxygen atoms in total. The number of anilines is 1. The number of carbonyl (C=O) groups excluding carboxylic acids is 1. The second-order valence-corrected chi connectivity index (χ2v) is 6.86. The van der Waals surface area contributed by atoms with Gasteiger partial charge < -0.3 is 14.2 Å². The van der Waals surface area contributed by atoms with Crippen LogP contribution in [0, 0.1) is 6.92 Å². The fourth-order valence-corrected chi connectivity index (χ4v) is 3.35. The number of carbonyl (C=O) groups is 1. The number of hydrogen-bond donors (Lipinski definition) is 0. The van der Waals surface area contributed by atoms with Crippen molar-refractivity contribution in [1.29, 1.82) is 0 Å². The van der Waals surface area contributed by atoms with Crippen LogP contribution >= 0.6 is 0 Å². The number of amides is 1. The molecule has 0 N–H and O–H groups in total. The number of rotatable bonds is 3. The van der Waals surface area contributed by atoms with Crippen LogP contribution < -0.4 is 4.90 Å². The van der Waals surface area contributed by atoms with Gasteiger partial charge in [-0.15, -0.1) is 10.2 Å². The van der Waals surface area contributed by atoms with Crippen LogP contribution in [0.4, 0.5) is 19.0 Å². The standard InChI is InChI=1S/C20H18F3N5O2/c1-13-25-26-18(30-13)16-6-3-7-24-17(16)27-8-10-28(11-9-27)19(29)14-4-2-5-15(12-14)20(21,22)23/h2-7,12H,8-11H2,1H3. The Labute approximate surface area is 170 Å². The molecule has 0 radical (unpaired) electrons. The first-order chi connectivity index (χ1) is 14.3. The highest BCUT2D eigenvalue weighted by molar-refractivity contribution is 5.94. The second kappa shape index (κ2) is 7.77. The van der Waals surface area contributed by atoms with E-state index in [1.54, 1.807) is 24.1 Å². The molecule has 10 heteroatoms. The number of benzene rings is 1. The average molecular weight is 417 g/mol. The number of aryl methyl sites for hydroxylation is 1. The largest absolute Gasteiger partial charge is 0.421 e. The Morgan fingerprint density at radius 2 is 1.83 bits per heavy atom. The molecule has 156 valence electrons. The fourth-order valence-electron chi connectivity index (χ4n) is 3.35. The smallest absolute Gasteiger partial charge is 0.416 e. The summed E-state index contributed by atoms with van der Waals surface area (Å²) in [5.41, 5.74) is -0.117. The first kappa shape index (κ1) is 19.9. The summed E-state index contributed by atoms with van der Waals surface area (Å²) in [6.07, 6.45) is -2.83. The summed E-state index contributed by atoms with van der Waals surface area (Å²) in [5, 5.41) is 7.89. The van der Waals surface area contributed by atoms with Gasteiger partial charge in [-0.05, 0) is 30.3 Å². The van der Waals surface area contributed by atoms with Gasteiger partial charge in [0.1, 0.15) is 5.82 Å². The third-order valence-electron chi connectivity index (χ3n) is 4.85. The normalized spacial score (nSPS) is 14.8. The Balaban J connectivity index is 1.48. The van der Waals surface area contributed by atoms with Gasteiger partial charge in [-0.25, -0.2) is 4.98 Å². The maximum atomic E-state index is 12.9. The van der Waals surface area contributed by atoms with E-state index in [4.69, 9.17) is 4.42 Å². The van der Waals surface area contributed by atoms with E-state index in [0.717, 1.165) is 12.1 Å². The summed E-state index contributed by atoms with van der Waals surface area (Å²) < 4.78 is 44.3. The molecule has 30 heavy (non-hydrogen) atoms. The van der Waals surface area contributed by atoms with Gasteiger partial charge >= 0.3 is 6.18 Å². The molecule has 0 spiro atoms. The summed E-state index contributed by atoms with van der Waals surface area (Å²) in [5.74, 6) is 1.04. The van der Waals surface area contributed by atoms with Crippen molar-refractivity contribution in [1.82, 2.24) is 20.1 Å². The molecule has 1 fully saturated rings. The quantitative estimate of drug-likeness (QED) is 0.650. The summed E-state index contributed by atoms with van der Waals surface area (Å²) >= 11 is 0. The molecule has 0 atom stereocenters. The van der Waals surface area contributed by atoms with E-state index in [1.165, 1.54) is 12.1 Å². The van der Waals surface area contributed by atoms with Gasteiger partial charge in [-0.3, -0.25) is 4.79 Å². The first-order valence-corrected chi connectivity index (χ1v) is 9.30. The highest BCUT2D eigenvalue weighted by atomic mass is 19.4. The minimum absolute atomic E-state index is 0.0261. The van der Waals surface area contributed by atoms with E-state index in [1.807, 2.05) is 11.0 Å². The molecular weight excluding hydrogens is 399 g/mol. The summed E-state index contributed by atoms with van der Waals surface area (Å²) in [6.45, 7) is 3.36. The SMILES string of the molecule is Cc1nnc(-c2cccnc2N2CCN(C(=O)c3cccc(C(F)(F)F)c3)CC2)o1. The van der Waals surface area contributed by atoms with Crippen LogP contribution in [0.2, 0.25) is 0 Å². The average Bonchev–Trinajstić information content (AvgIpc) is 3.19. The molecule has 1 aromatic carbocycles. The van der Waals surface area contributed by atoms with Crippen molar-refractivity contribution in [2.45, 2.75) is 13.1 Å². The van der Waals surface area contributed by atoms with Crippen LogP contribution in [0.3, 0.4) is 0 Å². The summed E-state index contributed by atoms with van der Waals surface area (Å²) in [6, 6.07) is 8.10. The van der Waals surface area contributed by atoms with Gasteiger partial charge in [-0.1, -0.05) is 6.07 Å². The molecule has 1 aliphatic rings. The van der Waals surface area contributed by atoms with Gasteiger partial charge in [0, 0.05) is 44.9 Å². The lowest BCUT2D eigenvalue weighted by atomic mass is 10.1. The Bertz CT molecular complexity index is 1060. The van der Waals surface area contributed by atoms with Crippen LogP contribution in [-0.2, 0) is 6.18 Å². The van der Waals surface area contributed by atoms with E-state index in [2.05, 4.69) is 15.2 Å². The molecule has 0 unspecified atom stereocenters. The lowest BCUT2D eigenvalue weighted by Gasteiger charge is -2.36. The third-order valence-corrected chi connectivity index (χ3v) is 4.85. The molecule has 1 aliphatic heterocycles. The lowest BCUT2D eigenvalue weighted by molar-refractivity contribution is -0.137. The number of piperazine rings is 1. The first-order valence-electron chi connectivity index (χ1n) is 9.30. The Kier molecular flexibility index (Phi) is 5.15. The number of nitrogens with zero attached hydrogens (tertiary/aromatic N) is 5. The molecule has 1 amide bonds. The maximum Gasteiger partial charge on any atom is 0.416 e. The predicted octanol–water partition coefficient (Wildman–Crippen LogP) is 3.42. The predicted molar refractivity (Wildman–Crippen MR) is 102 cm³/mol. The van der Waals surface area contributed by atoms with E-state index in [0.29, 0.717) is 49.3 Å². The molecular formula is C20H18F3N5O2. The monoisotopic (exact) mass is 417 g/mol. The summed E-state index contributed by atoms with van der Waals surface area (Å²) in [7, 11) is 0. The Morgan fingerprint density at radius 1 is 1.07 bits per heavy atom. The number of hydrogen-bond acceptors (Lipinski definition) is 6. The van der Waals surface area contributed by atoms with Gasteiger partial charge in [-0.2, -0.15) is 13.2 Å². The summed E-state index contributed by atoms with van der Waals surface area (Å²) in [4.78, 5) is 20.7. The van der Waals surface area contributed by atoms with Crippen molar-refractivity contribution >= 4 is 11.7 Å². The van der Waals surface area contributed by atoms with Gasteiger partial charge in [0.05, 0.1) is 11.1 Å². The maximum absolute atomic E-state index is 12.9. The number of pyridine rings is 1. The zero-order chi connectivity index (χ0) is 21.3. The van der Waals surface area contributed by atoms with E-state index in [9.17, 15) is 18.0 Å². The Morgan fingerprint density at radius 3 is 2.50 bits per heavy atom. The minimum Gasteiger partial charge on any atom is -0.421 e. The second-order valence-electron chi connectivity index (χ2n) is 6.86. The van der Waals surface area contributed by atoms with Crippen LogP contribution in [0.1, 0.15) is 21.8 Å². The number of aromatic nitrogens is 3. The number of halogens is 3. The molecule has 2 aromatic heterocycles. The van der Waals surface area contributed by atoms with Crippen molar-refractivity contribution in [3.05, 3.63) is 59.6 Å². The molecule has 3 aromatic rings. The van der Waals surface area contributed by atoms with Crippen molar-refractivity contribution in [2.24, 2.45) is 0 Å². The molecule has 3 heterocycles. The molecule has 0 bridgehead atoms.